The number of carboxylic acid groups (broad SMARTS) is 1. The monoisotopic (exact) mass is 848 g/mol. The van der Waals surface area contributed by atoms with Crippen LogP contribution in [0.5, 0.6) is 28.7 Å². The largest absolute Gasteiger partial charge is 0.491 e. The summed E-state index contributed by atoms with van der Waals surface area (Å²) in [6.07, 6.45) is 8.61. The molecule has 63 heavy (non-hydrogen) atoms. The zero-order chi connectivity index (χ0) is 44.2. The summed E-state index contributed by atoms with van der Waals surface area (Å²) in [6, 6.07) is 40.0. The summed E-state index contributed by atoms with van der Waals surface area (Å²) in [5, 5.41) is 18.7. The molecule has 3 amide bonds. The van der Waals surface area contributed by atoms with Gasteiger partial charge in [-0.15, -0.1) is 12.3 Å². The Morgan fingerprint density at radius 2 is 1.35 bits per heavy atom. The summed E-state index contributed by atoms with van der Waals surface area (Å²) >= 11 is 0. The maximum atomic E-state index is 14.2. The third-order valence-electron chi connectivity index (χ3n) is 9.72. The van der Waals surface area contributed by atoms with Gasteiger partial charge in [0.05, 0.1) is 0 Å². The number of benzene rings is 5. The van der Waals surface area contributed by atoms with E-state index in [1.54, 1.807) is 48.5 Å². The van der Waals surface area contributed by atoms with E-state index in [4.69, 9.17) is 25.2 Å². The average Bonchev–Trinajstić information content (AvgIpc) is 3.81. The van der Waals surface area contributed by atoms with E-state index in [2.05, 4.69) is 21.7 Å². The Balaban J connectivity index is 1.08. The zero-order valence-corrected chi connectivity index (χ0v) is 34.6. The summed E-state index contributed by atoms with van der Waals surface area (Å²) in [5.41, 5.74) is 1.72. The summed E-state index contributed by atoms with van der Waals surface area (Å²) in [7, 11) is 0. The maximum absolute atomic E-state index is 14.2. The van der Waals surface area contributed by atoms with Crippen molar-refractivity contribution in [3.05, 3.63) is 151 Å². The molecule has 1 atom stereocenters. The van der Waals surface area contributed by atoms with E-state index in [0.29, 0.717) is 85.9 Å². The minimum Gasteiger partial charge on any atom is -0.491 e. The van der Waals surface area contributed by atoms with Gasteiger partial charge in [0.1, 0.15) is 41.4 Å². The summed E-state index contributed by atoms with van der Waals surface area (Å²) in [5.74, 6) is 3.69. The number of amides is 3. The molecule has 13 nitrogen and oxygen atoms in total. The number of carbonyl (C=O) groups is 4. The average molecular weight is 849 g/mol. The molecule has 1 heterocycles. The van der Waals surface area contributed by atoms with E-state index in [0.717, 1.165) is 11.3 Å². The number of ether oxygens (including phenoxy) is 3. The second-order valence-electron chi connectivity index (χ2n) is 14.4. The lowest BCUT2D eigenvalue weighted by atomic mass is 10.1. The Morgan fingerprint density at radius 3 is 2.02 bits per heavy atom. The quantitative estimate of drug-likeness (QED) is 0.0417. The Morgan fingerprint density at radius 1 is 0.698 bits per heavy atom. The second-order valence-corrected chi connectivity index (χ2v) is 14.4. The van der Waals surface area contributed by atoms with Crippen molar-refractivity contribution in [2.24, 2.45) is 0 Å². The highest BCUT2D eigenvalue weighted by Crippen LogP contribution is 2.29. The van der Waals surface area contributed by atoms with Crippen molar-refractivity contribution >= 4 is 29.4 Å². The van der Waals surface area contributed by atoms with Crippen LogP contribution in [0.4, 0.5) is 5.69 Å². The molecule has 0 bridgehead atoms. The highest BCUT2D eigenvalue weighted by atomic mass is 16.5. The molecule has 6 aromatic rings. The smallest absolute Gasteiger partial charge is 0.358 e. The molecule has 0 aliphatic heterocycles. The number of anilines is 1. The molecule has 1 aromatic heterocycles. The highest BCUT2D eigenvalue weighted by molar-refractivity contribution is 6.01. The highest BCUT2D eigenvalue weighted by Gasteiger charge is 2.32. The molecule has 0 saturated heterocycles. The SMILES string of the molecule is C#CCCCC(=O)N(c1cccc(Oc2ccccc2)c1)C(COc1ccc(-c2cc(C(=O)O)no2)cc1)C(=O)NCCCCCC(=O)NCc1ccc(Oc2ccccc2)cc1. The normalized spacial score (nSPS) is 11.1. The number of aromatic carboxylic acids is 1. The number of hydrogen-bond donors (Lipinski definition) is 3. The molecule has 0 radical (unpaired) electrons. The minimum atomic E-state index is -1.21. The number of terminal acetylenes is 1. The summed E-state index contributed by atoms with van der Waals surface area (Å²) < 4.78 is 23.3. The van der Waals surface area contributed by atoms with Crippen LogP contribution >= 0.6 is 0 Å². The summed E-state index contributed by atoms with van der Waals surface area (Å²) in [6.45, 7) is 0.474. The fraction of sp³-hybridized carbons (Fsp3) is 0.220. The van der Waals surface area contributed by atoms with Crippen molar-refractivity contribution in [3.8, 4) is 52.4 Å². The third-order valence-corrected chi connectivity index (χ3v) is 9.72. The third kappa shape index (κ3) is 13.8. The molecule has 1 unspecified atom stereocenters. The van der Waals surface area contributed by atoms with Gasteiger partial charge in [-0.05, 0) is 97.6 Å². The Bertz CT molecular complexity index is 2450. The number of hydrogen-bond acceptors (Lipinski definition) is 9. The molecule has 322 valence electrons. The van der Waals surface area contributed by atoms with E-state index in [1.165, 1.54) is 11.0 Å². The number of carbonyl (C=O) groups excluding carboxylic acids is 3. The van der Waals surface area contributed by atoms with E-state index in [-0.39, 0.29) is 36.3 Å². The fourth-order valence-corrected chi connectivity index (χ4v) is 6.46. The fourth-order valence-electron chi connectivity index (χ4n) is 6.46. The van der Waals surface area contributed by atoms with Crippen LogP contribution in [0.3, 0.4) is 0 Å². The first-order valence-corrected chi connectivity index (χ1v) is 20.6. The van der Waals surface area contributed by atoms with Crippen LogP contribution in [0.1, 0.15) is 61.0 Å². The van der Waals surface area contributed by atoms with Crippen molar-refractivity contribution in [3.63, 3.8) is 0 Å². The Kier molecular flexibility index (Phi) is 16.5. The van der Waals surface area contributed by atoms with Crippen LogP contribution in [-0.4, -0.2) is 53.1 Å². The van der Waals surface area contributed by atoms with Gasteiger partial charge in [0, 0.05) is 55.7 Å². The van der Waals surface area contributed by atoms with Crippen LogP contribution in [0, 0.1) is 12.3 Å². The predicted octanol–water partition coefficient (Wildman–Crippen LogP) is 9.20. The molecule has 6 rings (SSSR count). The van der Waals surface area contributed by atoms with Crippen molar-refractivity contribution in [1.82, 2.24) is 15.8 Å². The van der Waals surface area contributed by atoms with E-state index in [1.807, 2.05) is 84.9 Å². The maximum Gasteiger partial charge on any atom is 0.358 e. The molecular weight excluding hydrogens is 801 g/mol. The molecule has 3 N–H and O–H groups in total. The van der Waals surface area contributed by atoms with E-state index < -0.39 is 17.9 Å². The minimum absolute atomic E-state index is 0.0720. The lowest BCUT2D eigenvalue weighted by Crippen LogP contribution is -2.53. The molecule has 0 aliphatic rings. The second kappa shape index (κ2) is 23.2. The predicted molar refractivity (Wildman–Crippen MR) is 238 cm³/mol. The van der Waals surface area contributed by atoms with Gasteiger partial charge < -0.3 is 34.5 Å². The van der Waals surface area contributed by atoms with Crippen LogP contribution in [0.25, 0.3) is 11.3 Å². The number of aromatic nitrogens is 1. The van der Waals surface area contributed by atoms with Gasteiger partial charge in [0.15, 0.2) is 11.5 Å². The molecule has 0 saturated carbocycles. The van der Waals surface area contributed by atoms with Gasteiger partial charge in [-0.3, -0.25) is 19.3 Å². The number of unbranched alkanes of at least 4 members (excludes halogenated alkanes) is 3. The van der Waals surface area contributed by atoms with Gasteiger partial charge in [-0.25, -0.2) is 4.79 Å². The summed E-state index contributed by atoms with van der Waals surface area (Å²) in [4.78, 5) is 53.6. The van der Waals surface area contributed by atoms with Gasteiger partial charge in [0.2, 0.25) is 17.7 Å². The molecule has 0 spiro atoms. The number of carboxylic acids is 1. The lowest BCUT2D eigenvalue weighted by Gasteiger charge is -2.31. The van der Waals surface area contributed by atoms with Gasteiger partial charge in [-0.2, -0.15) is 0 Å². The van der Waals surface area contributed by atoms with Crippen LogP contribution in [0.2, 0.25) is 0 Å². The molecular formula is C50H48N4O9. The molecule has 13 heteroatoms. The van der Waals surface area contributed by atoms with Gasteiger partial charge in [0.25, 0.3) is 0 Å². The van der Waals surface area contributed by atoms with Crippen LogP contribution in [0.15, 0.2) is 144 Å². The Labute approximate surface area is 366 Å². The Hall–Kier alpha value is -7.85. The zero-order valence-electron chi connectivity index (χ0n) is 34.6. The molecule has 0 aliphatic carbocycles. The van der Waals surface area contributed by atoms with Crippen molar-refractivity contribution < 1.29 is 43.0 Å². The van der Waals surface area contributed by atoms with E-state index >= 15 is 0 Å². The van der Waals surface area contributed by atoms with Crippen molar-refractivity contribution in [2.75, 3.05) is 18.1 Å². The first kappa shape index (κ1) is 44.7. The standard InChI is InChI=1S/C50H48N4O9/c1-2-3-7-22-48(56)54(38-15-14-20-43(32-38)62-41-18-10-5-11-19-41)45(35-60-39-29-25-37(26-30-39)46-33-44(50(58)59)53-63-46)49(57)51-31-13-6-12-21-47(55)52-34-36-23-27-42(28-24-36)61-40-16-8-4-9-17-40/h1,4-5,8-11,14-20,23-30,32-33,45H,3,6-7,12-13,21-22,31,34-35H2,(H,51,57)(H,52,55)(H,58,59). The topological polar surface area (TPSA) is 170 Å². The number of para-hydroxylation sites is 2. The molecule has 5 aromatic carbocycles. The lowest BCUT2D eigenvalue weighted by molar-refractivity contribution is -0.127. The first-order chi connectivity index (χ1) is 30.7. The van der Waals surface area contributed by atoms with Crippen LogP contribution in [-0.2, 0) is 20.9 Å². The number of rotatable bonds is 23. The van der Waals surface area contributed by atoms with Gasteiger partial charge in [-0.1, -0.05) is 66.2 Å². The van der Waals surface area contributed by atoms with E-state index in [9.17, 15) is 24.3 Å². The van der Waals surface area contributed by atoms with Crippen molar-refractivity contribution in [2.45, 2.75) is 57.5 Å². The first-order valence-electron chi connectivity index (χ1n) is 20.6. The number of nitrogens with one attached hydrogen (secondary N) is 2. The number of nitrogens with zero attached hydrogens (tertiary/aromatic N) is 2. The van der Waals surface area contributed by atoms with Crippen LogP contribution < -0.4 is 29.7 Å². The molecule has 0 fully saturated rings. The van der Waals surface area contributed by atoms with Gasteiger partial charge >= 0.3 is 5.97 Å². The van der Waals surface area contributed by atoms with Crippen molar-refractivity contribution in [1.29, 1.82) is 0 Å².